The summed E-state index contributed by atoms with van der Waals surface area (Å²) in [5.74, 6) is 0.920. The number of hydrogen-bond acceptors (Lipinski definition) is 3. The number of anilines is 1. The summed E-state index contributed by atoms with van der Waals surface area (Å²) < 4.78 is 4.75. The number of nitrogens with zero attached hydrogens (tertiary/aromatic N) is 4. The van der Waals surface area contributed by atoms with Gasteiger partial charge in [-0.2, -0.15) is 9.78 Å². The molecular weight excluding hydrogens is 378 g/mol. The fourth-order valence-electron chi connectivity index (χ4n) is 3.62. The van der Waals surface area contributed by atoms with E-state index in [-0.39, 0.29) is 0 Å². The van der Waals surface area contributed by atoms with Crippen molar-refractivity contribution < 1.29 is 4.90 Å². The molecule has 1 aromatic heterocycles. The molecule has 4 rings (SSSR count). The lowest BCUT2D eigenvalue weighted by atomic mass is 10.2. The molecule has 140 valence electrons. The maximum Gasteiger partial charge on any atom is 0.207 e. The molecule has 1 fully saturated rings. The van der Waals surface area contributed by atoms with E-state index < -0.39 is 0 Å². The van der Waals surface area contributed by atoms with Crippen LogP contribution in [0.3, 0.4) is 0 Å². The van der Waals surface area contributed by atoms with Gasteiger partial charge in [0.25, 0.3) is 0 Å². The van der Waals surface area contributed by atoms with Crippen molar-refractivity contribution in [1.29, 1.82) is 0 Å². The highest BCUT2D eigenvalue weighted by Crippen LogP contribution is 2.19. The molecule has 2 aromatic carbocycles. The van der Waals surface area contributed by atoms with Gasteiger partial charge in [0.15, 0.2) is 6.67 Å². The molecule has 1 aliphatic heterocycles. The van der Waals surface area contributed by atoms with Gasteiger partial charge in [-0.05, 0) is 49.5 Å². The summed E-state index contributed by atoms with van der Waals surface area (Å²) in [7, 11) is 0. The summed E-state index contributed by atoms with van der Waals surface area (Å²) in [6.07, 6.45) is 0. The molecule has 0 aliphatic carbocycles. The number of halogens is 1. The first-order chi connectivity index (χ1) is 13.1. The Balaban J connectivity index is 1.45. The van der Waals surface area contributed by atoms with Gasteiger partial charge in [0.2, 0.25) is 4.77 Å². The van der Waals surface area contributed by atoms with Crippen LogP contribution in [0.25, 0.3) is 5.69 Å². The number of piperazine rings is 1. The summed E-state index contributed by atoms with van der Waals surface area (Å²) in [6, 6.07) is 18.3. The van der Waals surface area contributed by atoms with Crippen molar-refractivity contribution in [2.75, 3.05) is 31.1 Å². The molecule has 0 amide bonds. The normalized spacial score (nSPS) is 15.3. The van der Waals surface area contributed by atoms with E-state index >= 15 is 0 Å². The Hall–Kier alpha value is -2.15. The second kappa shape index (κ2) is 7.84. The molecule has 27 heavy (non-hydrogen) atoms. The topological polar surface area (TPSA) is 30.4 Å². The van der Waals surface area contributed by atoms with E-state index in [9.17, 15) is 0 Å². The lowest BCUT2D eigenvalue weighted by molar-refractivity contribution is -0.924. The Kier molecular flexibility index (Phi) is 5.29. The Morgan fingerprint density at radius 1 is 1.04 bits per heavy atom. The first-order valence-electron chi connectivity index (χ1n) is 9.18. The van der Waals surface area contributed by atoms with Gasteiger partial charge in [0.1, 0.15) is 5.82 Å². The minimum absolute atomic E-state index is 0.753. The zero-order chi connectivity index (χ0) is 18.8. The lowest BCUT2D eigenvalue weighted by Crippen LogP contribution is -3.14. The van der Waals surface area contributed by atoms with E-state index in [4.69, 9.17) is 28.9 Å². The fourth-order valence-corrected chi connectivity index (χ4v) is 4.14. The standard InChI is InChI=1S/C20H22ClN5S/c1-16-22-25(20(27)26(16)18-7-3-2-4-8-18)15-23-10-12-24(13-11-23)19-9-5-6-17(21)14-19/h2-9,14H,10-13,15H2,1H3/p+1. The van der Waals surface area contributed by atoms with Crippen LogP contribution in [0.2, 0.25) is 5.02 Å². The highest BCUT2D eigenvalue weighted by molar-refractivity contribution is 7.71. The third-order valence-corrected chi connectivity index (χ3v) is 5.66. The second-order valence-electron chi connectivity index (χ2n) is 6.88. The Morgan fingerprint density at radius 3 is 2.44 bits per heavy atom. The Labute approximate surface area is 169 Å². The van der Waals surface area contributed by atoms with Crippen molar-refractivity contribution in [2.24, 2.45) is 0 Å². The summed E-state index contributed by atoms with van der Waals surface area (Å²) in [5, 5.41) is 5.48. The molecule has 1 N–H and O–H groups in total. The van der Waals surface area contributed by atoms with Gasteiger partial charge in [-0.1, -0.05) is 35.9 Å². The number of benzene rings is 2. The average Bonchev–Trinajstić information content (AvgIpc) is 2.96. The number of hydrogen-bond donors (Lipinski definition) is 1. The maximum atomic E-state index is 6.13. The molecule has 0 radical (unpaired) electrons. The fraction of sp³-hybridized carbons (Fsp3) is 0.300. The molecule has 5 nitrogen and oxygen atoms in total. The molecular formula is C20H23ClN5S+. The van der Waals surface area contributed by atoms with Crippen molar-refractivity contribution in [2.45, 2.75) is 13.6 Å². The van der Waals surface area contributed by atoms with Gasteiger partial charge in [0, 0.05) is 16.4 Å². The van der Waals surface area contributed by atoms with Crippen molar-refractivity contribution in [3.63, 3.8) is 0 Å². The minimum Gasteiger partial charge on any atom is -0.360 e. The van der Waals surface area contributed by atoms with Crippen LogP contribution in [0.1, 0.15) is 5.82 Å². The summed E-state index contributed by atoms with van der Waals surface area (Å²) in [6.45, 7) is 6.90. The van der Waals surface area contributed by atoms with Crippen molar-refractivity contribution in [1.82, 2.24) is 14.3 Å². The van der Waals surface area contributed by atoms with E-state index in [1.54, 1.807) is 0 Å². The molecule has 0 saturated carbocycles. The molecule has 7 heteroatoms. The van der Waals surface area contributed by atoms with Gasteiger partial charge >= 0.3 is 0 Å². The highest BCUT2D eigenvalue weighted by atomic mass is 35.5. The lowest BCUT2D eigenvalue weighted by Gasteiger charge is -2.33. The Morgan fingerprint density at radius 2 is 1.74 bits per heavy atom. The van der Waals surface area contributed by atoms with Crippen molar-refractivity contribution >= 4 is 29.5 Å². The van der Waals surface area contributed by atoms with Gasteiger partial charge in [-0.15, -0.1) is 0 Å². The second-order valence-corrected chi connectivity index (χ2v) is 7.68. The number of rotatable bonds is 4. The number of aromatic nitrogens is 3. The zero-order valence-electron chi connectivity index (χ0n) is 15.3. The monoisotopic (exact) mass is 400 g/mol. The van der Waals surface area contributed by atoms with Crippen LogP contribution < -0.4 is 9.80 Å². The predicted molar refractivity (Wildman–Crippen MR) is 111 cm³/mol. The van der Waals surface area contributed by atoms with E-state index in [1.807, 2.05) is 52.6 Å². The maximum absolute atomic E-state index is 6.13. The summed E-state index contributed by atoms with van der Waals surface area (Å²) in [5.41, 5.74) is 2.26. The van der Waals surface area contributed by atoms with Crippen LogP contribution in [-0.2, 0) is 6.67 Å². The van der Waals surface area contributed by atoms with Crippen molar-refractivity contribution in [3.8, 4) is 5.69 Å². The first kappa shape index (κ1) is 18.2. The third-order valence-electron chi connectivity index (χ3n) is 5.03. The zero-order valence-corrected chi connectivity index (χ0v) is 16.9. The van der Waals surface area contributed by atoms with Crippen LogP contribution >= 0.6 is 23.8 Å². The molecule has 2 heterocycles. The number of nitrogens with one attached hydrogen (secondary N) is 1. The molecule has 0 spiro atoms. The largest absolute Gasteiger partial charge is 0.360 e. The van der Waals surface area contributed by atoms with Gasteiger partial charge in [-0.25, -0.2) is 0 Å². The Bertz CT molecular complexity index is 974. The van der Waals surface area contributed by atoms with Crippen LogP contribution in [0.4, 0.5) is 5.69 Å². The number of aryl methyl sites for hydroxylation is 1. The summed E-state index contributed by atoms with van der Waals surface area (Å²) >= 11 is 11.8. The van der Waals surface area contributed by atoms with Crippen LogP contribution in [-0.4, -0.2) is 40.5 Å². The van der Waals surface area contributed by atoms with Gasteiger partial charge in [0.05, 0.1) is 26.2 Å². The smallest absolute Gasteiger partial charge is 0.207 e. The van der Waals surface area contributed by atoms with E-state index in [0.717, 1.165) is 54.2 Å². The van der Waals surface area contributed by atoms with Gasteiger partial charge < -0.3 is 9.80 Å². The quantitative estimate of drug-likeness (QED) is 0.683. The predicted octanol–water partition coefficient (Wildman–Crippen LogP) is 2.73. The van der Waals surface area contributed by atoms with Crippen LogP contribution in [0, 0.1) is 11.7 Å². The number of para-hydroxylation sites is 1. The first-order valence-corrected chi connectivity index (χ1v) is 9.96. The summed E-state index contributed by atoms with van der Waals surface area (Å²) in [4.78, 5) is 3.88. The molecule has 0 unspecified atom stereocenters. The molecule has 0 atom stereocenters. The van der Waals surface area contributed by atoms with E-state index in [2.05, 4.69) is 23.1 Å². The highest BCUT2D eigenvalue weighted by Gasteiger charge is 2.22. The van der Waals surface area contributed by atoms with Crippen LogP contribution in [0.5, 0.6) is 0 Å². The molecule has 1 aliphatic rings. The van der Waals surface area contributed by atoms with Gasteiger partial charge in [-0.3, -0.25) is 4.57 Å². The van der Waals surface area contributed by atoms with Crippen LogP contribution in [0.15, 0.2) is 54.6 Å². The van der Waals surface area contributed by atoms with E-state index in [1.165, 1.54) is 10.6 Å². The van der Waals surface area contributed by atoms with Crippen molar-refractivity contribution in [3.05, 3.63) is 70.2 Å². The number of quaternary nitrogens is 1. The molecule has 1 saturated heterocycles. The molecule has 3 aromatic rings. The third kappa shape index (κ3) is 3.93. The SMILES string of the molecule is Cc1nn(C[NH+]2CCN(c3cccc(Cl)c3)CC2)c(=S)n1-c1ccccc1. The molecule has 0 bridgehead atoms. The minimum atomic E-state index is 0.753. The average molecular weight is 401 g/mol. The van der Waals surface area contributed by atoms with E-state index in [0.29, 0.717) is 0 Å².